The minimum atomic E-state index is 0.353. The van der Waals surface area contributed by atoms with Crippen LogP contribution >= 0.6 is 0 Å². The normalized spacial score (nSPS) is 28.9. The van der Waals surface area contributed by atoms with Crippen molar-refractivity contribution in [1.29, 1.82) is 0 Å². The van der Waals surface area contributed by atoms with Crippen LogP contribution in [0, 0.1) is 11.3 Å². The van der Waals surface area contributed by atoms with E-state index in [0.717, 1.165) is 6.42 Å². The average Bonchev–Trinajstić information content (AvgIpc) is 2.13. The lowest BCUT2D eigenvalue weighted by molar-refractivity contribution is 0.346. The van der Waals surface area contributed by atoms with Gasteiger partial charge in [-0.3, -0.25) is 0 Å². The third-order valence-electron chi connectivity index (χ3n) is 3.21. The highest BCUT2D eigenvalue weighted by molar-refractivity contribution is 5.36. The van der Waals surface area contributed by atoms with E-state index in [1.54, 1.807) is 5.57 Å². The Morgan fingerprint density at radius 2 is 2.09 bits per heavy atom. The summed E-state index contributed by atoms with van der Waals surface area (Å²) in [6, 6.07) is 0. The Morgan fingerprint density at radius 3 is 2.27 bits per heavy atom. The monoisotopic (exact) mass is 150 g/mol. The van der Waals surface area contributed by atoms with Gasteiger partial charge in [0.2, 0.25) is 0 Å². The Labute approximate surface area is 70.0 Å². The second-order valence-electron chi connectivity index (χ2n) is 4.04. The molecule has 0 spiro atoms. The average molecular weight is 150 g/mol. The highest BCUT2D eigenvalue weighted by Gasteiger charge is 2.34. The lowest BCUT2D eigenvalue weighted by Gasteiger charge is -2.27. The zero-order valence-corrected chi connectivity index (χ0v) is 8.07. The van der Waals surface area contributed by atoms with Crippen LogP contribution in [0.2, 0.25) is 0 Å². The van der Waals surface area contributed by atoms with Gasteiger partial charge in [0, 0.05) is 0 Å². The van der Waals surface area contributed by atoms with Crippen molar-refractivity contribution in [2.45, 2.75) is 34.1 Å². The molecule has 0 N–H and O–H groups in total. The fourth-order valence-electron chi connectivity index (χ4n) is 1.83. The topological polar surface area (TPSA) is 0 Å². The van der Waals surface area contributed by atoms with Crippen LogP contribution in [-0.2, 0) is 0 Å². The largest absolute Gasteiger partial charge is 0.0955 e. The molecule has 0 heteroatoms. The van der Waals surface area contributed by atoms with E-state index in [2.05, 4.69) is 40.3 Å². The first kappa shape index (κ1) is 8.58. The summed E-state index contributed by atoms with van der Waals surface area (Å²) in [5, 5.41) is 0. The molecule has 1 aliphatic carbocycles. The highest BCUT2D eigenvalue weighted by Crippen LogP contribution is 2.46. The van der Waals surface area contributed by atoms with E-state index in [1.807, 2.05) is 0 Å². The van der Waals surface area contributed by atoms with Crippen LogP contribution in [0.15, 0.2) is 23.8 Å². The standard InChI is InChI=1S/C11H18/c1-6-10-7-8(2)9(3)11(10,4)5/h7,9H,2,6H2,1,3-5H3. The number of hydrogen-bond donors (Lipinski definition) is 0. The van der Waals surface area contributed by atoms with Crippen LogP contribution in [-0.4, -0.2) is 0 Å². The fraction of sp³-hybridized carbons (Fsp3) is 0.636. The Balaban J connectivity index is 2.97. The molecule has 0 amide bonds. The van der Waals surface area contributed by atoms with Crippen molar-refractivity contribution in [2.75, 3.05) is 0 Å². The first-order chi connectivity index (χ1) is 5.00. The van der Waals surface area contributed by atoms with Gasteiger partial charge in [-0.25, -0.2) is 0 Å². The Morgan fingerprint density at radius 1 is 1.55 bits per heavy atom. The molecule has 0 bridgehead atoms. The predicted molar refractivity (Wildman–Crippen MR) is 50.5 cm³/mol. The van der Waals surface area contributed by atoms with Crippen LogP contribution in [0.3, 0.4) is 0 Å². The summed E-state index contributed by atoms with van der Waals surface area (Å²) in [4.78, 5) is 0. The Hall–Kier alpha value is -0.520. The molecule has 0 aromatic heterocycles. The summed E-state index contributed by atoms with van der Waals surface area (Å²) in [5.74, 6) is 0.623. The molecule has 0 aliphatic heterocycles. The van der Waals surface area contributed by atoms with E-state index in [4.69, 9.17) is 0 Å². The molecule has 1 aliphatic rings. The van der Waals surface area contributed by atoms with Crippen LogP contribution in [0.25, 0.3) is 0 Å². The van der Waals surface area contributed by atoms with Gasteiger partial charge in [-0.2, -0.15) is 0 Å². The van der Waals surface area contributed by atoms with Crippen molar-refractivity contribution in [3.8, 4) is 0 Å². The molecule has 0 saturated heterocycles. The second kappa shape index (κ2) is 2.51. The number of allylic oxidation sites excluding steroid dienone is 3. The summed E-state index contributed by atoms with van der Waals surface area (Å²) in [6.07, 6.45) is 3.43. The first-order valence-electron chi connectivity index (χ1n) is 4.40. The van der Waals surface area contributed by atoms with E-state index in [-0.39, 0.29) is 0 Å². The lowest BCUT2D eigenvalue weighted by Crippen LogP contribution is -2.18. The lowest BCUT2D eigenvalue weighted by atomic mass is 9.77. The van der Waals surface area contributed by atoms with Gasteiger partial charge >= 0.3 is 0 Å². The number of rotatable bonds is 1. The van der Waals surface area contributed by atoms with Crippen molar-refractivity contribution in [1.82, 2.24) is 0 Å². The minimum Gasteiger partial charge on any atom is -0.0955 e. The van der Waals surface area contributed by atoms with Crippen molar-refractivity contribution < 1.29 is 0 Å². The molecular formula is C11H18. The third-order valence-corrected chi connectivity index (χ3v) is 3.21. The van der Waals surface area contributed by atoms with E-state index in [1.165, 1.54) is 5.57 Å². The van der Waals surface area contributed by atoms with Gasteiger partial charge < -0.3 is 0 Å². The van der Waals surface area contributed by atoms with Crippen LogP contribution in [0.5, 0.6) is 0 Å². The summed E-state index contributed by atoms with van der Waals surface area (Å²) in [5.41, 5.74) is 3.20. The molecule has 0 aromatic rings. The zero-order chi connectivity index (χ0) is 8.65. The first-order valence-corrected chi connectivity index (χ1v) is 4.40. The van der Waals surface area contributed by atoms with Crippen molar-refractivity contribution in [3.05, 3.63) is 23.8 Å². The van der Waals surface area contributed by atoms with Gasteiger partial charge in [0.05, 0.1) is 0 Å². The molecule has 0 saturated carbocycles. The van der Waals surface area contributed by atoms with Crippen molar-refractivity contribution in [2.24, 2.45) is 11.3 Å². The van der Waals surface area contributed by atoms with E-state index in [9.17, 15) is 0 Å². The van der Waals surface area contributed by atoms with E-state index in [0.29, 0.717) is 11.3 Å². The van der Waals surface area contributed by atoms with Gasteiger partial charge in [0.25, 0.3) is 0 Å². The van der Waals surface area contributed by atoms with E-state index >= 15 is 0 Å². The van der Waals surface area contributed by atoms with Gasteiger partial charge in [-0.1, -0.05) is 51.5 Å². The smallest absolute Gasteiger partial charge is 0.00758 e. The highest BCUT2D eigenvalue weighted by atomic mass is 14.4. The van der Waals surface area contributed by atoms with Gasteiger partial charge in [0.1, 0.15) is 0 Å². The molecule has 0 nitrogen and oxygen atoms in total. The summed E-state index contributed by atoms with van der Waals surface area (Å²) in [7, 11) is 0. The maximum atomic E-state index is 4.05. The second-order valence-corrected chi connectivity index (χ2v) is 4.04. The molecule has 0 fully saturated rings. The summed E-state index contributed by atoms with van der Waals surface area (Å²) in [6.45, 7) is 13.2. The Bertz CT molecular complexity index is 206. The predicted octanol–water partition coefficient (Wildman–Crippen LogP) is 3.55. The van der Waals surface area contributed by atoms with Crippen LogP contribution in [0.1, 0.15) is 34.1 Å². The van der Waals surface area contributed by atoms with Crippen LogP contribution in [0.4, 0.5) is 0 Å². The molecule has 1 unspecified atom stereocenters. The quantitative estimate of drug-likeness (QED) is 0.536. The maximum Gasteiger partial charge on any atom is -0.00758 e. The fourth-order valence-corrected chi connectivity index (χ4v) is 1.83. The van der Waals surface area contributed by atoms with Gasteiger partial charge in [-0.05, 0) is 17.8 Å². The molecule has 62 valence electrons. The molecule has 0 aromatic carbocycles. The van der Waals surface area contributed by atoms with E-state index < -0.39 is 0 Å². The molecule has 0 heterocycles. The number of hydrogen-bond acceptors (Lipinski definition) is 0. The van der Waals surface area contributed by atoms with Crippen LogP contribution < -0.4 is 0 Å². The molecular weight excluding hydrogens is 132 g/mol. The van der Waals surface area contributed by atoms with Crippen molar-refractivity contribution in [3.63, 3.8) is 0 Å². The SMILES string of the molecule is C=C1C=C(CC)C(C)(C)C1C. The van der Waals surface area contributed by atoms with Crippen molar-refractivity contribution >= 4 is 0 Å². The Kier molecular flexibility index (Phi) is 1.96. The maximum absolute atomic E-state index is 4.05. The molecule has 11 heavy (non-hydrogen) atoms. The molecule has 0 radical (unpaired) electrons. The summed E-state index contributed by atoms with van der Waals surface area (Å²) < 4.78 is 0. The molecule has 1 atom stereocenters. The molecule has 1 rings (SSSR count). The third kappa shape index (κ3) is 1.15. The minimum absolute atomic E-state index is 0.353. The van der Waals surface area contributed by atoms with Gasteiger partial charge in [0.15, 0.2) is 0 Å². The summed E-state index contributed by atoms with van der Waals surface area (Å²) >= 11 is 0. The van der Waals surface area contributed by atoms with Gasteiger partial charge in [-0.15, -0.1) is 0 Å². The zero-order valence-electron chi connectivity index (χ0n) is 8.07.